The Kier molecular flexibility index (Phi) is 6.38. The third-order valence-electron chi connectivity index (χ3n) is 10.8. The van der Waals surface area contributed by atoms with E-state index >= 15 is 0 Å². The second-order valence-electron chi connectivity index (χ2n) is 11.7. The lowest BCUT2D eigenvalue weighted by atomic mass is 9.44. The van der Waals surface area contributed by atoms with E-state index in [1.54, 1.807) is 4.31 Å². The summed E-state index contributed by atoms with van der Waals surface area (Å²) in [4.78, 5) is 12.3. The maximum atomic E-state index is 12.3. The predicted octanol–water partition coefficient (Wildman–Crippen LogP) is 7.19. The third-order valence-corrected chi connectivity index (χ3v) is 11.5. The highest BCUT2D eigenvalue weighted by Crippen LogP contribution is 2.68. The van der Waals surface area contributed by atoms with E-state index in [-0.39, 0.29) is 0 Å². The first-order chi connectivity index (χ1) is 13.8. The summed E-state index contributed by atoms with van der Waals surface area (Å²) >= 11 is 1.54. The molecule has 4 aliphatic rings. The number of rotatable bonds is 5. The number of carbonyl (C=O) groups excluding carboxylic acids is 1. The zero-order valence-electron chi connectivity index (χ0n) is 19.7. The van der Waals surface area contributed by atoms with E-state index in [1.807, 2.05) is 13.3 Å². The fourth-order valence-corrected chi connectivity index (χ4v) is 9.38. The SMILES string of the molecule is CSN(C)C(=O)CCC(C)C1CCC2C3CCC4CCCCC4(C)C3CCC12C. The van der Waals surface area contributed by atoms with Crippen molar-refractivity contribution in [2.24, 2.45) is 46.3 Å². The number of hydrogen-bond acceptors (Lipinski definition) is 2. The van der Waals surface area contributed by atoms with Crippen molar-refractivity contribution in [1.82, 2.24) is 4.31 Å². The average Bonchev–Trinajstić information content (AvgIpc) is 3.08. The zero-order valence-corrected chi connectivity index (χ0v) is 20.5. The molecule has 0 aromatic carbocycles. The molecule has 0 radical (unpaired) electrons. The molecule has 8 unspecified atom stereocenters. The van der Waals surface area contributed by atoms with E-state index < -0.39 is 0 Å². The van der Waals surface area contributed by atoms with Crippen molar-refractivity contribution in [2.45, 2.75) is 97.8 Å². The van der Waals surface area contributed by atoms with Crippen molar-refractivity contribution >= 4 is 17.9 Å². The van der Waals surface area contributed by atoms with Gasteiger partial charge in [0, 0.05) is 19.7 Å². The molecular formula is C26H45NOS. The Balaban J connectivity index is 1.44. The molecule has 0 heterocycles. The maximum absolute atomic E-state index is 12.3. The number of hydrogen-bond donors (Lipinski definition) is 0. The van der Waals surface area contributed by atoms with Gasteiger partial charge in [-0.1, -0.05) is 45.6 Å². The minimum absolute atomic E-state index is 0.302. The molecule has 0 spiro atoms. The van der Waals surface area contributed by atoms with Crippen molar-refractivity contribution in [1.29, 1.82) is 0 Å². The zero-order chi connectivity index (χ0) is 20.8. The molecule has 0 aromatic rings. The van der Waals surface area contributed by atoms with Gasteiger partial charge in [0.15, 0.2) is 0 Å². The molecule has 166 valence electrons. The summed E-state index contributed by atoms with van der Waals surface area (Å²) in [6.45, 7) is 7.81. The topological polar surface area (TPSA) is 20.3 Å². The van der Waals surface area contributed by atoms with Crippen molar-refractivity contribution < 1.29 is 4.79 Å². The maximum Gasteiger partial charge on any atom is 0.232 e. The highest BCUT2D eigenvalue weighted by molar-refractivity contribution is 7.96. The van der Waals surface area contributed by atoms with Crippen LogP contribution in [-0.2, 0) is 4.79 Å². The molecule has 0 N–H and O–H groups in total. The Bertz CT molecular complexity index is 608. The molecule has 4 saturated carbocycles. The van der Waals surface area contributed by atoms with Crippen LogP contribution < -0.4 is 0 Å². The van der Waals surface area contributed by atoms with Crippen LogP contribution in [0.25, 0.3) is 0 Å². The van der Waals surface area contributed by atoms with Gasteiger partial charge >= 0.3 is 0 Å². The predicted molar refractivity (Wildman–Crippen MR) is 125 cm³/mol. The molecule has 4 aliphatic carbocycles. The van der Waals surface area contributed by atoms with Gasteiger partial charge in [0.1, 0.15) is 0 Å². The lowest BCUT2D eigenvalue weighted by Crippen LogP contribution is -2.53. The number of fused-ring (bicyclic) bond motifs is 5. The summed E-state index contributed by atoms with van der Waals surface area (Å²) in [5, 5.41) is 0. The molecule has 4 rings (SSSR count). The summed E-state index contributed by atoms with van der Waals surface area (Å²) in [6, 6.07) is 0. The van der Waals surface area contributed by atoms with E-state index in [2.05, 4.69) is 20.8 Å². The van der Waals surface area contributed by atoms with Crippen molar-refractivity contribution in [2.75, 3.05) is 13.3 Å². The van der Waals surface area contributed by atoms with E-state index in [0.29, 0.717) is 22.7 Å². The second kappa shape index (κ2) is 8.40. The molecule has 0 saturated heterocycles. The van der Waals surface area contributed by atoms with Crippen LogP contribution in [0, 0.1) is 46.3 Å². The average molecular weight is 420 g/mol. The quantitative estimate of drug-likeness (QED) is 0.440. The van der Waals surface area contributed by atoms with Crippen LogP contribution in [0.2, 0.25) is 0 Å². The first kappa shape index (κ1) is 22.0. The molecule has 0 aliphatic heterocycles. The molecule has 29 heavy (non-hydrogen) atoms. The Morgan fingerprint density at radius 1 is 1.00 bits per heavy atom. The van der Waals surface area contributed by atoms with E-state index in [9.17, 15) is 4.79 Å². The smallest absolute Gasteiger partial charge is 0.232 e. The Hall–Kier alpha value is -0.180. The van der Waals surface area contributed by atoms with Gasteiger partial charge in [0.05, 0.1) is 0 Å². The van der Waals surface area contributed by atoms with Crippen molar-refractivity contribution in [3.63, 3.8) is 0 Å². The summed E-state index contributed by atoms with van der Waals surface area (Å²) in [5.74, 6) is 5.80. The summed E-state index contributed by atoms with van der Waals surface area (Å²) in [6.07, 6.45) is 18.6. The number of carbonyl (C=O) groups is 1. The second-order valence-corrected chi connectivity index (χ2v) is 12.6. The molecule has 4 fully saturated rings. The largest absolute Gasteiger partial charge is 0.290 e. The van der Waals surface area contributed by atoms with Crippen LogP contribution in [-0.4, -0.2) is 23.5 Å². The highest BCUT2D eigenvalue weighted by atomic mass is 32.2. The highest BCUT2D eigenvalue weighted by Gasteiger charge is 2.60. The minimum Gasteiger partial charge on any atom is -0.290 e. The lowest BCUT2D eigenvalue weighted by Gasteiger charge is -2.61. The molecule has 2 nitrogen and oxygen atoms in total. The number of nitrogens with zero attached hydrogens (tertiary/aromatic N) is 1. The van der Waals surface area contributed by atoms with Crippen LogP contribution in [0.3, 0.4) is 0 Å². The normalized spacial score (nSPS) is 45.1. The summed E-state index contributed by atoms with van der Waals surface area (Å²) in [5.41, 5.74) is 1.19. The first-order valence-electron chi connectivity index (χ1n) is 12.6. The minimum atomic E-state index is 0.302. The summed E-state index contributed by atoms with van der Waals surface area (Å²) < 4.78 is 1.81. The first-order valence-corrected chi connectivity index (χ1v) is 13.8. The molecule has 3 heteroatoms. The molecule has 0 bridgehead atoms. The fraction of sp³-hybridized carbons (Fsp3) is 0.962. The van der Waals surface area contributed by atoms with E-state index in [1.165, 1.54) is 76.2 Å². The van der Waals surface area contributed by atoms with Gasteiger partial charge in [-0.05, 0) is 104 Å². The third kappa shape index (κ3) is 3.70. The standard InChI is InChI=1S/C26H45NOS/c1-18(9-14-24(28)27(4)29-5)21-12-13-22-20-11-10-19-8-6-7-16-25(19,2)23(20)15-17-26(21,22)3/h18-23H,6-17H2,1-5H3. The van der Waals surface area contributed by atoms with Crippen LogP contribution in [0.15, 0.2) is 0 Å². The van der Waals surface area contributed by atoms with Crippen LogP contribution >= 0.6 is 11.9 Å². The molecule has 0 aromatic heterocycles. The van der Waals surface area contributed by atoms with Crippen molar-refractivity contribution in [3.8, 4) is 0 Å². The molecule has 1 amide bonds. The number of amides is 1. The lowest BCUT2D eigenvalue weighted by molar-refractivity contribution is -0.126. The molecule has 8 atom stereocenters. The van der Waals surface area contributed by atoms with Gasteiger partial charge in [-0.15, -0.1) is 0 Å². The summed E-state index contributed by atoms with van der Waals surface area (Å²) in [7, 11) is 1.91. The van der Waals surface area contributed by atoms with E-state index in [0.717, 1.165) is 42.4 Å². The monoisotopic (exact) mass is 419 g/mol. The van der Waals surface area contributed by atoms with Gasteiger partial charge in [-0.25, -0.2) is 0 Å². The Morgan fingerprint density at radius 3 is 2.52 bits per heavy atom. The van der Waals surface area contributed by atoms with Gasteiger partial charge in [-0.3, -0.25) is 9.10 Å². The van der Waals surface area contributed by atoms with Gasteiger partial charge < -0.3 is 0 Å². The van der Waals surface area contributed by atoms with E-state index in [4.69, 9.17) is 0 Å². The fourth-order valence-electron chi connectivity index (χ4n) is 9.08. The van der Waals surface area contributed by atoms with Gasteiger partial charge in [-0.2, -0.15) is 0 Å². The van der Waals surface area contributed by atoms with Crippen LogP contribution in [0.4, 0.5) is 0 Å². The van der Waals surface area contributed by atoms with Gasteiger partial charge in [0.25, 0.3) is 0 Å². The van der Waals surface area contributed by atoms with Crippen molar-refractivity contribution in [3.05, 3.63) is 0 Å². The Labute approximate surface area is 184 Å². The molecular weight excluding hydrogens is 374 g/mol. The van der Waals surface area contributed by atoms with Crippen LogP contribution in [0.5, 0.6) is 0 Å². The van der Waals surface area contributed by atoms with Crippen LogP contribution in [0.1, 0.15) is 97.8 Å². The Morgan fingerprint density at radius 2 is 1.76 bits per heavy atom. The van der Waals surface area contributed by atoms with Gasteiger partial charge in [0.2, 0.25) is 5.91 Å².